The average molecular weight is 412 g/mol. The molecule has 1 atom stereocenters. The van der Waals surface area contributed by atoms with Crippen LogP contribution in [0.4, 0.5) is 0 Å². The number of rotatable bonds is 4. The van der Waals surface area contributed by atoms with Crippen LogP contribution in [-0.4, -0.2) is 31.8 Å². The van der Waals surface area contributed by atoms with Crippen LogP contribution in [0.15, 0.2) is 48.7 Å². The lowest BCUT2D eigenvalue weighted by molar-refractivity contribution is 0.417. The summed E-state index contributed by atoms with van der Waals surface area (Å²) in [5, 5.41) is 8.45. The van der Waals surface area contributed by atoms with Gasteiger partial charge >= 0.3 is 0 Å². The van der Waals surface area contributed by atoms with Crippen molar-refractivity contribution in [3.63, 3.8) is 0 Å². The molecule has 5 rings (SSSR count). The maximum absolute atomic E-state index is 5.83. The Hall–Kier alpha value is -3.67. The van der Waals surface area contributed by atoms with Gasteiger partial charge in [-0.3, -0.25) is 10.1 Å². The summed E-state index contributed by atoms with van der Waals surface area (Å²) < 4.78 is 8.12. The number of aryl methyl sites for hydroxylation is 3. The number of imidazole rings is 1. The van der Waals surface area contributed by atoms with Crippen LogP contribution in [0.2, 0.25) is 0 Å². The Balaban J connectivity index is 1.81. The summed E-state index contributed by atoms with van der Waals surface area (Å²) in [7, 11) is 1.71. The Bertz CT molecular complexity index is 1400. The molecule has 0 aliphatic heterocycles. The van der Waals surface area contributed by atoms with E-state index in [2.05, 4.69) is 65.0 Å². The van der Waals surface area contributed by atoms with Crippen LogP contribution in [0.1, 0.15) is 35.7 Å². The van der Waals surface area contributed by atoms with Crippen LogP contribution < -0.4 is 4.74 Å². The number of nitrogens with zero attached hydrogens (tertiary/aromatic N) is 4. The zero-order valence-electron chi connectivity index (χ0n) is 18.4. The quantitative estimate of drug-likeness (QED) is 0.423. The van der Waals surface area contributed by atoms with Crippen LogP contribution in [0.25, 0.3) is 33.1 Å². The number of aromatic nitrogens is 5. The number of H-pyrrole nitrogens is 1. The molecule has 0 aliphatic carbocycles. The van der Waals surface area contributed by atoms with Crippen molar-refractivity contribution in [2.24, 2.45) is 0 Å². The van der Waals surface area contributed by atoms with Gasteiger partial charge in [-0.25, -0.2) is 4.98 Å². The molecule has 6 heteroatoms. The predicted molar refractivity (Wildman–Crippen MR) is 124 cm³/mol. The van der Waals surface area contributed by atoms with E-state index in [9.17, 15) is 0 Å². The first kappa shape index (κ1) is 19.3. The van der Waals surface area contributed by atoms with E-state index in [1.165, 1.54) is 5.56 Å². The molecule has 6 nitrogen and oxygen atoms in total. The van der Waals surface area contributed by atoms with Gasteiger partial charge in [-0.05, 0) is 45.4 Å². The molecule has 3 heterocycles. The smallest absolute Gasteiger partial charge is 0.127 e. The molecule has 0 saturated heterocycles. The predicted octanol–water partition coefficient (Wildman–Crippen LogP) is 5.52. The number of methoxy groups -OCH3 is 1. The number of pyridine rings is 1. The van der Waals surface area contributed by atoms with Crippen molar-refractivity contribution in [2.75, 3.05) is 7.11 Å². The molecule has 0 fully saturated rings. The lowest BCUT2D eigenvalue weighted by atomic mass is 10.00. The van der Waals surface area contributed by atoms with Gasteiger partial charge in [0.25, 0.3) is 0 Å². The average Bonchev–Trinajstić information content (AvgIpc) is 3.30. The highest BCUT2D eigenvalue weighted by Gasteiger charge is 2.21. The highest BCUT2D eigenvalue weighted by Crippen LogP contribution is 2.39. The van der Waals surface area contributed by atoms with Gasteiger partial charge < -0.3 is 9.30 Å². The zero-order valence-corrected chi connectivity index (χ0v) is 18.4. The van der Waals surface area contributed by atoms with Crippen LogP contribution in [-0.2, 0) is 0 Å². The number of benzene rings is 2. The van der Waals surface area contributed by atoms with E-state index in [4.69, 9.17) is 14.7 Å². The number of nitrogens with one attached hydrogen (secondary N) is 1. The molecule has 0 bridgehead atoms. The van der Waals surface area contributed by atoms with Crippen molar-refractivity contribution in [1.29, 1.82) is 0 Å². The first-order valence-corrected chi connectivity index (χ1v) is 10.4. The first-order chi connectivity index (χ1) is 15.0. The van der Waals surface area contributed by atoms with Gasteiger partial charge in [-0.2, -0.15) is 5.10 Å². The van der Waals surface area contributed by atoms with E-state index < -0.39 is 0 Å². The molecule has 3 aromatic heterocycles. The van der Waals surface area contributed by atoms with E-state index in [0.29, 0.717) is 0 Å². The normalized spacial score (nSPS) is 12.5. The van der Waals surface area contributed by atoms with Gasteiger partial charge in [-0.1, -0.05) is 30.3 Å². The molecule has 156 valence electrons. The van der Waals surface area contributed by atoms with Gasteiger partial charge in [0.15, 0.2) is 0 Å². The van der Waals surface area contributed by atoms with Crippen molar-refractivity contribution in [2.45, 2.75) is 33.7 Å². The van der Waals surface area contributed by atoms with Crippen LogP contribution in [0.3, 0.4) is 0 Å². The number of hydrogen-bond acceptors (Lipinski definition) is 4. The van der Waals surface area contributed by atoms with E-state index in [1.54, 1.807) is 7.11 Å². The lowest BCUT2D eigenvalue weighted by Crippen LogP contribution is -2.08. The molecule has 0 spiro atoms. The Morgan fingerprint density at radius 2 is 1.81 bits per heavy atom. The fourth-order valence-corrected chi connectivity index (χ4v) is 4.59. The topological polar surface area (TPSA) is 68.6 Å². The number of aromatic amines is 1. The molecule has 0 radical (unpaired) electrons. The summed E-state index contributed by atoms with van der Waals surface area (Å²) >= 11 is 0. The Kier molecular flexibility index (Phi) is 4.50. The minimum absolute atomic E-state index is 0.140. The zero-order chi connectivity index (χ0) is 21.7. The molecule has 2 aromatic carbocycles. The largest absolute Gasteiger partial charge is 0.496 e. The number of ether oxygens (including phenoxy) is 1. The van der Waals surface area contributed by atoms with E-state index in [0.717, 1.165) is 56.0 Å². The maximum atomic E-state index is 5.83. The van der Waals surface area contributed by atoms with Crippen molar-refractivity contribution in [3.05, 3.63) is 71.4 Å². The van der Waals surface area contributed by atoms with E-state index in [1.807, 2.05) is 26.1 Å². The van der Waals surface area contributed by atoms with Gasteiger partial charge in [0.2, 0.25) is 0 Å². The fraction of sp³-hybridized carbons (Fsp3) is 0.240. The second kappa shape index (κ2) is 7.23. The third-order valence-corrected chi connectivity index (χ3v) is 6.08. The molecule has 0 saturated carbocycles. The van der Waals surface area contributed by atoms with Crippen molar-refractivity contribution in [1.82, 2.24) is 24.7 Å². The van der Waals surface area contributed by atoms with Crippen molar-refractivity contribution in [3.8, 4) is 16.9 Å². The van der Waals surface area contributed by atoms with Crippen LogP contribution in [0.5, 0.6) is 5.75 Å². The van der Waals surface area contributed by atoms with Gasteiger partial charge in [0.05, 0.1) is 36.1 Å². The summed E-state index contributed by atoms with van der Waals surface area (Å²) in [6.45, 7) is 8.28. The monoisotopic (exact) mass is 411 g/mol. The SMILES string of the molecule is COc1cc2c(cc1-c1c(C)n[nH]c1C)ncc1nc(C)n([C@@H](C)c3ccccc3)c12. The maximum Gasteiger partial charge on any atom is 0.127 e. The fourth-order valence-electron chi connectivity index (χ4n) is 4.59. The first-order valence-electron chi connectivity index (χ1n) is 10.4. The van der Waals surface area contributed by atoms with Crippen LogP contribution >= 0.6 is 0 Å². The summed E-state index contributed by atoms with van der Waals surface area (Å²) in [5.74, 6) is 1.76. The lowest BCUT2D eigenvalue weighted by Gasteiger charge is -2.18. The minimum atomic E-state index is 0.140. The van der Waals surface area contributed by atoms with Gasteiger partial charge in [0, 0.05) is 22.2 Å². The Morgan fingerprint density at radius 1 is 1.03 bits per heavy atom. The molecular formula is C25H25N5O. The second-order valence-electron chi connectivity index (χ2n) is 7.99. The molecule has 0 amide bonds. The summed E-state index contributed by atoms with van der Waals surface area (Å²) in [5.41, 5.74) is 8.10. The molecule has 5 aromatic rings. The standard InChI is InChI=1S/C25H25N5O/c1-14-24(15(2)29-28-14)20-11-21-19(12-23(20)31-5)25-22(13-26-21)27-17(4)30(25)16(3)18-9-7-6-8-10-18/h6-13,16H,1-5H3,(H,28,29)/t16-/m0/s1. The molecular weight excluding hydrogens is 386 g/mol. The van der Waals surface area contributed by atoms with Gasteiger partial charge in [0.1, 0.15) is 17.1 Å². The van der Waals surface area contributed by atoms with Crippen molar-refractivity contribution < 1.29 is 4.74 Å². The minimum Gasteiger partial charge on any atom is -0.496 e. The highest BCUT2D eigenvalue weighted by atomic mass is 16.5. The molecule has 0 aliphatic rings. The summed E-state index contributed by atoms with van der Waals surface area (Å²) in [6.07, 6.45) is 1.87. The number of hydrogen-bond donors (Lipinski definition) is 1. The van der Waals surface area contributed by atoms with Crippen LogP contribution in [0, 0.1) is 20.8 Å². The van der Waals surface area contributed by atoms with E-state index >= 15 is 0 Å². The summed E-state index contributed by atoms with van der Waals surface area (Å²) in [4.78, 5) is 9.55. The van der Waals surface area contributed by atoms with Crippen molar-refractivity contribution >= 4 is 21.9 Å². The Labute approximate surface area is 180 Å². The van der Waals surface area contributed by atoms with E-state index in [-0.39, 0.29) is 6.04 Å². The van der Waals surface area contributed by atoms with Gasteiger partial charge in [-0.15, -0.1) is 0 Å². The summed E-state index contributed by atoms with van der Waals surface area (Å²) in [6, 6.07) is 14.8. The third kappa shape index (κ3) is 2.98. The number of fused-ring (bicyclic) bond motifs is 3. The second-order valence-corrected chi connectivity index (χ2v) is 7.99. The molecule has 1 N–H and O–H groups in total. The molecule has 31 heavy (non-hydrogen) atoms. The molecule has 0 unspecified atom stereocenters. The highest BCUT2D eigenvalue weighted by molar-refractivity contribution is 6.05. The third-order valence-electron chi connectivity index (χ3n) is 6.08. The Morgan fingerprint density at radius 3 is 2.48 bits per heavy atom.